The summed E-state index contributed by atoms with van der Waals surface area (Å²) in [7, 11) is 1.87. The van der Waals surface area contributed by atoms with Gasteiger partial charge >= 0.3 is 0 Å². The summed E-state index contributed by atoms with van der Waals surface area (Å²) >= 11 is 0. The van der Waals surface area contributed by atoms with Crippen LogP contribution in [0.4, 0.5) is 4.39 Å². The largest absolute Gasteiger partial charge is 0.493 e. The number of fused-ring (bicyclic) bond motifs is 1. The molecule has 0 saturated carbocycles. The van der Waals surface area contributed by atoms with Crippen molar-refractivity contribution in [3.63, 3.8) is 0 Å². The molecule has 0 saturated heterocycles. The second-order valence-electron chi connectivity index (χ2n) is 5.11. The summed E-state index contributed by atoms with van der Waals surface area (Å²) in [5.41, 5.74) is 4.42. The van der Waals surface area contributed by atoms with Gasteiger partial charge in [-0.25, -0.2) is 4.39 Å². The fourth-order valence-electron chi connectivity index (χ4n) is 2.71. The third kappa shape index (κ3) is 2.54. The van der Waals surface area contributed by atoms with Gasteiger partial charge in [0.05, 0.1) is 6.61 Å². The van der Waals surface area contributed by atoms with Crippen LogP contribution in [0.1, 0.15) is 17.5 Å². The lowest BCUT2D eigenvalue weighted by molar-refractivity contribution is 0.288. The molecule has 0 aromatic heterocycles. The molecule has 1 N–H and O–H groups in total. The minimum Gasteiger partial charge on any atom is -0.493 e. The number of hydrogen-bond acceptors (Lipinski definition) is 2. The number of benzene rings is 2. The van der Waals surface area contributed by atoms with E-state index in [0.717, 1.165) is 41.9 Å². The van der Waals surface area contributed by atoms with E-state index in [2.05, 4.69) is 17.4 Å². The number of nitrogens with one attached hydrogen (secondary N) is 1. The first-order chi connectivity index (χ1) is 9.78. The van der Waals surface area contributed by atoms with Crippen molar-refractivity contribution in [3.8, 4) is 16.9 Å². The highest BCUT2D eigenvalue weighted by Gasteiger charge is 2.13. The van der Waals surface area contributed by atoms with Crippen LogP contribution in [0.25, 0.3) is 11.1 Å². The van der Waals surface area contributed by atoms with Crippen LogP contribution in [0.5, 0.6) is 5.75 Å². The van der Waals surface area contributed by atoms with Gasteiger partial charge < -0.3 is 10.1 Å². The molecule has 0 amide bonds. The predicted octanol–water partition coefficient (Wildman–Crippen LogP) is 3.54. The molecule has 3 heteroatoms. The summed E-state index contributed by atoms with van der Waals surface area (Å²) in [6.07, 6.45) is 2.11. The Balaban J connectivity index is 2.04. The zero-order valence-corrected chi connectivity index (χ0v) is 11.6. The van der Waals surface area contributed by atoms with E-state index in [1.807, 2.05) is 19.2 Å². The average Bonchev–Trinajstić information content (AvgIpc) is 2.47. The van der Waals surface area contributed by atoms with Crippen LogP contribution < -0.4 is 10.1 Å². The molecule has 0 atom stereocenters. The Kier molecular flexibility index (Phi) is 3.70. The van der Waals surface area contributed by atoms with Crippen LogP contribution in [0, 0.1) is 5.82 Å². The van der Waals surface area contributed by atoms with E-state index in [1.54, 1.807) is 6.07 Å². The Labute approximate surface area is 118 Å². The smallest absolute Gasteiger partial charge is 0.123 e. The molecule has 0 fully saturated rings. The first kappa shape index (κ1) is 13.1. The minimum atomic E-state index is -0.194. The van der Waals surface area contributed by atoms with Crippen LogP contribution in [0.2, 0.25) is 0 Å². The summed E-state index contributed by atoms with van der Waals surface area (Å²) in [5, 5.41) is 3.09. The maximum atomic E-state index is 13.4. The van der Waals surface area contributed by atoms with Gasteiger partial charge in [0.15, 0.2) is 0 Å². The number of rotatable bonds is 3. The lowest BCUT2D eigenvalue weighted by Gasteiger charge is -2.18. The first-order valence-corrected chi connectivity index (χ1v) is 6.97. The van der Waals surface area contributed by atoms with Crippen molar-refractivity contribution < 1.29 is 9.13 Å². The fraction of sp³-hybridized carbons (Fsp3) is 0.294. The van der Waals surface area contributed by atoms with Gasteiger partial charge in [-0.1, -0.05) is 12.1 Å². The lowest BCUT2D eigenvalue weighted by atomic mass is 9.95. The number of halogens is 1. The first-order valence-electron chi connectivity index (χ1n) is 6.97. The Morgan fingerprint density at radius 2 is 2.10 bits per heavy atom. The quantitative estimate of drug-likeness (QED) is 0.922. The van der Waals surface area contributed by atoms with Crippen molar-refractivity contribution in [2.75, 3.05) is 13.7 Å². The molecule has 2 aromatic rings. The summed E-state index contributed by atoms with van der Waals surface area (Å²) in [5.74, 6) is 0.789. The highest BCUT2D eigenvalue weighted by Crippen LogP contribution is 2.32. The molecule has 0 spiro atoms. The molecule has 1 heterocycles. The van der Waals surface area contributed by atoms with Crippen LogP contribution in [0.15, 0.2) is 36.4 Å². The second kappa shape index (κ2) is 5.63. The zero-order valence-electron chi connectivity index (χ0n) is 11.6. The standard InChI is InChI=1S/C17H18FNO/c1-19-11-14-10-15(18)5-6-16(14)12-4-7-17-13(9-12)3-2-8-20-17/h4-7,9-10,19H,2-3,8,11H2,1H3. The van der Waals surface area contributed by atoms with Gasteiger partial charge in [-0.2, -0.15) is 0 Å². The van der Waals surface area contributed by atoms with Gasteiger partial charge in [0, 0.05) is 6.54 Å². The van der Waals surface area contributed by atoms with Gasteiger partial charge in [0.2, 0.25) is 0 Å². The van der Waals surface area contributed by atoms with Crippen molar-refractivity contribution >= 4 is 0 Å². The third-order valence-electron chi connectivity index (χ3n) is 3.65. The monoisotopic (exact) mass is 271 g/mol. The summed E-state index contributed by atoms with van der Waals surface area (Å²) in [4.78, 5) is 0. The SMILES string of the molecule is CNCc1cc(F)ccc1-c1ccc2c(c1)CCCO2. The molecular formula is C17H18FNO. The normalized spacial score (nSPS) is 13.7. The summed E-state index contributed by atoms with van der Waals surface area (Å²) < 4.78 is 19.1. The molecule has 2 nitrogen and oxygen atoms in total. The number of aryl methyl sites for hydroxylation is 1. The van der Waals surface area contributed by atoms with Gasteiger partial charge in [-0.3, -0.25) is 0 Å². The molecule has 0 aliphatic carbocycles. The van der Waals surface area contributed by atoms with Gasteiger partial charge in [-0.15, -0.1) is 0 Å². The molecule has 1 aliphatic rings. The van der Waals surface area contributed by atoms with Crippen LogP contribution in [-0.4, -0.2) is 13.7 Å². The highest BCUT2D eigenvalue weighted by molar-refractivity contribution is 5.69. The third-order valence-corrected chi connectivity index (χ3v) is 3.65. The minimum absolute atomic E-state index is 0.194. The number of hydrogen-bond donors (Lipinski definition) is 1. The second-order valence-corrected chi connectivity index (χ2v) is 5.11. The van der Waals surface area contributed by atoms with E-state index < -0.39 is 0 Å². The van der Waals surface area contributed by atoms with Crippen molar-refractivity contribution in [2.45, 2.75) is 19.4 Å². The molecule has 1 aliphatic heterocycles. The molecule has 3 rings (SSSR count). The average molecular weight is 271 g/mol. The molecule has 104 valence electrons. The molecule has 2 aromatic carbocycles. The van der Waals surface area contributed by atoms with E-state index in [0.29, 0.717) is 6.54 Å². The van der Waals surface area contributed by atoms with Crippen molar-refractivity contribution in [1.82, 2.24) is 5.32 Å². The van der Waals surface area contributed by atoms with Gasteiger partial charge in [0.1, 0.15) is 11.6 Å². The maximum Gasteiger partial charge on any atom is 0.123 e. The Hall–Kier alpha value is -1.87. The van der Waals surface area contributed by atoms with Crippen LogP contribution in [0.3, 0.4) is 0 Å². The number of ether oxygens (including phenoxy) is 1. The lowest BCUT2D eigenvalue weighted by Crippen LogP contribution is -2.09. The highest BCUT2D eigenvalue weighted by atomic mass is 19.1. The van der Waals surface area contributed by atoms with Gasteiger partial charge in [0.25, 0.3) is 0 Å². The van der Waals surface area contributed by atoms with Crippen molar-refractivity contribution in [2.24, 2.45) is 0 Å². The Morgan fingerprint density at radius 1 is 1.20 bits per heavy atom. The maximum absolute atomic E-state index is 13.4. The Morgan fingerprint density at radius 3 is 2.95 bits per heavy atom. The summed E-state index contributed by atoms with van der Waals surface area (Å²) in [6.45, 7) is 1.45. The predicted molar refractivity (Wildman–Crippen MR) is 78.4 cm³/mol. The van der Waals surface area contributed by atoms with Crippen LogP contribution in [-0.2, 0) is 13.0 Å². The van der Waals surface area contributed by atoms with Crippen molar-refractivity contribution in [1.29, 1.82) is 0 Å². The fourth-order valence-corrected chi connectivity index (χ4v) is 2.71. The molecule has 0 radical (unpaired) electrons. The van der Waals surface area contributed by atoms with Crippen LogP contribution >= 0.6 is 0 Å². The summed E-state index contributed by atoms with van der Waals surface area (Å²) in [6, 6.07) is 11.2. The van der Waals surface area contributed by atoms with E-state index in [4.69, 9.17) is 4.74 Å². The molecule has 20 heavy (non-hydrogen) atoms. The molecular weight excluding hydrogens is 253 g/mol. The van der Waals surface area contributed by atoms with Gasteiger partial charge in [-0.05, 0) is 66.4 Å². The Bertz CT molecular complexity index is 624. The topological polar surface area (TPSA) is 21.3 Å². The van der Waals surface area contributed by atoms with E-state index in [1.165, 1.54) is 11.6 Å². The zero-order chi connectivity index (χ0) is 13.9. The van der Waals surface area contributed by atoms with E-state index in [-0.39, 0.29) is 5.82 Å². The van der Waals surface area contributed by atoms with Crippen molar-refractivity contribution in [3.05, 3.63) is 53.3 Å². The van der Waals surface area contributed by atoms with E-state index in [9.17, 15) is 4.39 Å². The van der Waals surface area contributed by atoms with E-state index >= 15 is 0 Å². The molecule has 0 unspecified atom stereocenters. The molecule has 0 bridgehead atoms.